The SMILES string of the molecule is CC1=NC(=O)NC(=O)C1S(=O)(=O)Nc1cc(C)ccc1C. The van der Waals surface area contributed by atoms with Crippen LogP contribution in [0.3, 0.4) is 0 Å². The number of amides is 3. The fourth-order valence-electron chi connectivity index (χ4n) is 2.03. The average molecular weight is 309 g/mol. The van der Waals surface area contributed by atoms with Gasteiger partial charge in [-0.05, 0) is 38.0 Å². The standard InChI is InChI=1S/C13H15N3O4S/c1-7-4-5-8(2)10(6-7)16-21(19,20)11-9(3)14-13(18)15-12(11)17/h4-6,11,16H,1-3H3,(H,15,17,18). The summed E-state index contributed by atoms with van der Waals surface area (Å²) in [4.78, 5) is 26.3. The highest BCUT2D eigenvalue weighted by Crippen LogP contribution is 2.20. The lowest BCUT2D eigenvalue weighted by atomic mass is 10.1. The molecule has 21 heavy (non-hydrogen) atoms. The van der Waals surface area contributed by atoms with Gasteiger partial charge in [-0.2, -0.15) is 0 Å². The van der Waals surface area contributed by atoms with E-state index in [-0.39, 0.29) is 5.71 Å². The number of hydrogen-bond donors (Lipinski definition) is 2. The number of aliphatic imine (C=N–C) groups is 1. The third-order valence-electron chi connectivity index (χ3n) is 3.08. The average Bonchev–Trinajstić information content (AvgIpc) is 2.31. The molecule has 1 aromatic carbocycles. The Balaban J connectivity index is 2.39. The van der Waals surface area contributed by atoms with Crippen LogP contribution in [0.5, 0.6) is 0 Å². The molecule has 1 heterocycles. The summed E-state index contributed by atoms with van der Waals surface area (Å²) >= 11 is 0. The Morgan fingerprint density at radius 3 is 2.48 bits per heavy atom. The summed E-state index contributed by atoms with van der Waals surface area (Å²) in [7, 11) is -4.04. The van der Waals surface area contributed by atoms with Crippen LogP contribution < -0.4 is 10.0 Å². The van der Waals surface area contributed by atoms with Crippen LogP contribution in [-0.2, 0) is 14.8 Å². The van der Waals surface area contributed by atoms with E-state index in [0.29, 0.717) is 5.69 Å². The van der Waals surface area contributed by atoms with Crippen LogP contribution >= 0.6 is 0 Å². The minimum absolute atomic E-state index is 0.0541. The van der Waals surface area contributed by atoms with Crippen LogP contribution in [0.1, 0.15) is 18.1 Å². The number of imide groups is 1. The van der Waals surface area contributed by atoms with Crippen molar-refractivity contribution in [3.05, 3.63) is 29.3 Å². The highest BCUT2D eigenvalue weighted by atomic mass is 32.2. The number of nitrogens with zero attached hydrogens (tertiary/aromatic N) is 1. The van der Waals surface area contributed by atoms with Gasteiger partial charge in [0.25, 0.3) is 5.91 Å². The van der Waals surface area contributed by atoms with Crippen molar-refractivity contribution in [1.29, 1.82) is 0 Å². The van der Waals surface area contributed by atoms with Gasteiger partial charge in [0.2, 0.25) is 10.0 Å². The maximum atomic E-state index is 12.4. The molecule has 7 nitrogen and oxygen atoms in total. The topological polar surface area (TPSA) is 105 Å². The summed E-state index contributed by atoms with van der Waals surface area (Å²) in [5.41, 5.74) is 1.95. The van der Waals surface area contributed by atoms with Crippen LogP contribution in [-0.4, -0.2) is 31.3 Å². The number of urea groups is 1. The van der Waals surface area contributed by atoms with Crippen molar-refractivity contribution < 1.29 is 18.0 Å². The minimum atomic E-state index is -4.04. The van der Waals surface area contributed by atoms with E-state index in [2.05, 4.69) is 9.71 Å². The molecule has 0 bridgehead atoms. The van der Waals surface area contributed by atoms with Gasteiger partial charge in [0.1, 0.15) is 0 Å². The summed E-state index contributed by atoms with van der Waals surface area (Å²) in [6, 6.07) is 4.45. The number of aryl methyl sites for hydroxylation is 2. The van der Waals surface area contributed by atoms with E-state index >= 15 is 0 Å². The first-order valence-corrected chi connectivity index (χ1v) is 7.74. The number of nitrogens with one attached hydrogen (secondary N) is 2. The maximum Gasteiger partial charge on any atom is 0.347 e. The first-order valence-electron chi connectivity index (χ1n) is 6.19. The maximum absolute atomic E-state index is 12.4. The molecule has 2 N–H and O–H groups in total. The largest absolute Gasteiger partial charge is 0.347 e. The van der Waals surface area contributed by atoms with Gasteiger partial charge in [0.15, 0.2) is 5.25 Å². The Labute approximate surface area is 122 Å². The van der Waals surface area contributed by atoms with E-state index in [0.717, 1.165) is 11.1 Å². The van der Waals surface area contributed by atoms with Crippen molar-refractivity contribution in [2.45, 2.75) is 26.0 Å². The molecule has 0 spiro atoms. The molecule has 0 saturated heterocycles. The second kappa shape index (κ2) is 5.28. The third-order valence-corrected chi connectivity index (χ3v) is 4.76. The summed E-state index contributed by atoms with van der Waals surface area (Å²) in [5.74, 6) is -0.898. The highest BCUT2D eigenvalue weighted by molar-refractivity contribution is 7.94. The smallest absolute Gasteiger partial charge is 0.282 e. The zero-order chi connectivity index (χ0) is 15.8. The molecule has 1 unspecified atom stereocenters. The summed E-state index contributed by atoms with van der Waals surface area (Å²) in [6.07, 6.45) is 0. The lowest BCUT2D eigenvalue weighted by Crippen LogP contribution is -2.51. The van der Waals surface area contributed by atoms with Gasteiger partial charge in [-0.1, -0.05) is 12.1 Å². The van der Waals surface area contributed by atoms with Crippen LogP contribution in [0.15, 0.2) is 23.2 Å². The van der Waals surface area contributed by atoms with Crippen molar-refractivity contribution in [2.75, 3.05) is 4.72 Å². The van der Waals surface area contributed by atoms with E-state index in [9.17, 15) is 18.0 Å². The molecule has 8 heteroatoms. The van der Waals surface area contributed by atoms with Crippen molar-refractivity contribution in [2.24, 2.45) is 4.99 Å². The molecule has 3 amide bonds. The van der Waals surface area contributed by atoms with Gasteiger partial charge in [-0.25, -0.2) is 18.2 Å². The Kier molecular flexibility index (Phi) is 3.82. The molecule has 0 saturated carbocycles. The number of rotatable bonds is 3. The summed E-state index contributed by atoms with van der Waals surface area (Å²) in [6.45, 7) is 4.92. The summed E-state index contributed by atoms with van der Waals surface area (Å²) in [5, 5.41) is 0.375. The molecule has 0 fully saturated rings. The van der Waals surface area contributed by atoms with E-state index in [1.807, 2.05) is 18.3 Å². The van der Waals surface area contributed by atoms with Gasteiger partial charge in [0.05, 0.1) is 11.4 Å². The van der Waals surface area contributed by atoms with Gasteiger partial charge >= 0.3 is 6.03 Å². The number of sulfonamides is 1. The molecule has 1 aromatic rings. The number of hydrogen-bond acceptors (Lipinski definition) is 4. The van der Waals surface area contributed by atoms with Crippen molar-refractivity contribution in [3.8, 4) is 0 Å². The van der Waals surface area contributed by atoms with E-state index in [1.54, 1.807) is 19.1 Å². The molecule has 0 aliphatic carbocycles. The molecule has 1 aliphatic heterocycles. The first kappa shape index (κ1) is 15.2. The Hall–Kier alpha value is -2.22. The van der Waals surface area contributed by atoms with E-state index in [4.69, 9.17) is 0 Å². The zero-order valence-corrected chi connectivity index (χ0v) is 12.6. The first-order chi connectivity index (χ1) is 9.70. The lowest BCUT2D eigenvalue weighted by molar-refractivity contribution is -0.118. The fourth-order valence-corrected chi connectivity index (χ4v) is 3.52. The molecule has 0 radical (unpaired) electrons. The van der Waals surface area contributed by atoms with Crippen LogP contribution in [0.2, 0.25) is 0 Å². The van der Waals surface area contributed by atoms with Crippen LogP contribution in [0.4, 0.5) is 10.5 Å². The fraction of sp³-hybridized carbons (Fsp3) is 0.308. The quantitative estimate of drug-likeness (QED) is 0.873. The van der Waals surface area contributed by atoms with E-state index in [1.165, 1.54) is 6.92 Å². The molecule has 1 aliphatic rings. The molecule has 112 valence electrons. The Morgan fingerprint density at radius 1 is 1.19 bits per heavy atom. The molecule has 1 atom stereocenters. The second-order valence-electron chi connectivity index (χ2n) is 4.89. The Bertz CT molecular complexity index is 753. The Morgan fingerprint density at radius 2 is 1.86 bits per heavy atom. The number of carbonyl (C=O) groups is 2. The van der Waals surface area contributed by atoms with Crippen LogP contribution in [0, 0.1) is 13.8 Å². The molecular weight excluding hydrogens is 294 g/mol. The molecular formula is C13H15N3O4S. The van der Waals surface area contributed by atoms with Gasteiger partial charge in [-0.15, -0.1) is 0 Å². The zero-order valence-electron chi connectivity index (χ0n) is 11.8. The second-order valence-corrected chi connectivity index (χ2v) is 6.66. The van der Waals surface area contributed by atoms with Crippen LogP contribution in [0.25, 0.3) is 0 Å². The number of benzene rings is 1. The summed E-state index contributed by atoms with van der Waals surface area (Å²) < 4.78 is 27.2. The van der Waals surface area contributed by atoms with Crippen molar-refractivity contribution in [3.63, 3.8) is 0 Å². The lowest BCUT2D eigenvalue weighted by Gasteiger charge is -2.21. The number of carbonyl (C=O) groups excluding carboxylic acids is 2. The van der Waals surface area contributed by atoms with Crippen molar-refractivity contribution in [1.82, 2.24) is 5.32 Å². The van der Waals surface area contributed by atoms with Gasteiger partial charge in [-0.3, -0.25) is 14.8 Å². The van der Waals surface area contributed by atoms with Gasteiger partial charge < -0.3 is 0 Å². The highest BCUT2D eigenvalue weighted by Gasteiger charge is 2.39. The number of anilines is 1. The minimum Gasteiger partial charge on any atom is -0.282 e. The molecule has 2 rings (SSSR count). The van der Waals surface area contributed by atoms with Crippen molar-refractivity contribution >= 4 is 33.4 Å². The predicted molar refractivity (Wildman–Crippen MR) is 78.9 cm³/mol. The van der Waals surface area contributed by atoms with Gasteiger partial charge in [0, 0.05) is 0 Å². The third kappa shape index (κ3) is 3.10. The predicted octanol–water partition coefficient (Wildman–Crippen LogP) is 1.12. The monoisotopic (exact) mass is 309 g/mol. The normalized spacial score (nSPS) is 19.0. The molecule has 0 aromatic heterocycles. The van der Waals surface area contributed by atoms with E-state index < -0.39 is 27.2 Å².